The number of carboxylic acid groups (broad SMARTS) is 2. The third-order valence-corrected chi connectivity index (χ3v) is 1.86. The van der Waals surface area contributed by atoms with E-state index in [1.54, 1.807) is 0 Å². The number of rotatable bonds is 5. The molecule has 0 saturated carbocycles. The number of nitrogens with one attached hydrogen (secondary N) is 2. The first kappa shape index (κ1) is 12.7. The first-order chi connectivity index (χ1) is 7.88. The molecule has 1 aromatic rings. The molecular formula is C9H11N3O5. The highest BCUT2D eigenvalue weighted by Crippen LogP contribution is 2.04. The van der Waals surface area contributed by atoms with E-state index in [9.17, 15) is 14.4 Å². The average Bonchev–Trinajstić information content (AvgIpc) is 2.13. The summed E-state index contributed by atoms with van der Waals surface area (Å²) in [6.45, 7) is 1.53. The molecule has 0 radical (unpaired) electrons. The number of nitrogens with zero attached hydrogens (tertiary/aromatic N) is 1. The van der Waals surface area contributed by atoms with Gasteiger partial charge in [-0.1, -0.05) is 0 Å². The fourth-order valence-corrected chi connectivity index (χ4v) is 1.21. The first-order valence-electron chi connectivity index (χ1n) is 4.67. The quantitative estimate of drug-likeness (QED) is 0.542. The van der Waals surface area contributed by atoms with Crippen molar-refractivity contribution in [2.75, 3.05) is 5.32 Å². The molecular weight excluding hydrogens is 230 g/mol. The Hall–Kier alpha value is -2.38. The van der Waals surface area contributed by atoms with E-state index in [0.29, 0.717) is 5.82 Å². The summed E-state index contributed by atoms with van der Waals surface area (Å²) < 4.78 is 0. The van der Waals surface area contributed by atoms with Crippen LogP contribution in [0.1, 0.15) is 12.2 Å². The summed E-state index contributed by atoms with van der Waals surface area (Å²) in [7, 11) is 0. The van der Waals surface area contributed by atoms with E-state index in [2.05, 4.69) is 15.3 Å². The second-order valence-corrected chi connectivity index (χ2v) is 3.35. The Bertz CT molecular complexity index is 496. The van der Waals surface area contributed by atoms with Crippen LogP contribution in [0.2, 0.25) is 0 Å². The molecule has 4 N–H and O–H groups in total. The number of aromatic nitrogens is 2. The summed E-state index contributed by atoms with van der Waals surface area (Å²) in [4.78, 5) is 38.5. The van der Waals surface area contributed by atoms with E-state index in [1.165, 1.54) is 6.92 Å². The molecule has 1 aromatic heterocycles. The van der Waals surface area contributed by atoms with Gasteiger partial charge in [-0.15, -0.1) is 0 Å². The number of anilines is 1. The van der Waals surface area contributed by atoms with E-state index in [-0.39, 0.29) is 5.82 Å². The predicted molar refractivity (Wildman–Crippen MR) is 56.9 cm³/mol. The molecule has 1 unspecified atom stereocenters. The number of aromatic amines is 1. The van der Waals surface area contributed by atoms with Crippen LogP contribution < -0.4 is 10.9 Å². The van der Waals surface area contributed by atoms with Crippen molar-refractivity contribution in [3.63, 3.8) is 0 Å². The number of carbonyl (C=O) groups is 2. The molecule has 0 aliphatic heterocycles. The van der Waals surface area contributed by atoms with Crippen molar-refractivity contribution in [2.45, 2.75) is 19.4 Å². The largest absolute Gasteiger partial charge is 0.481 e. The Morgan fingerprint density at radius 3 is 2.65 bits per heavy atom. The molecule has 0 amide bonds. The molecule has 0 fully saturated rings. The standard InChI is InChI=1S/C9H11N3O5/c1-4-10-6(3-7(13)11-4)12-5(9(16)17)2-8(14)15/h3,5H,2H2,1H3,(H,14,15)(H,16,17)(H2,10,11,12,13). The number of hydrogen-bond donors (Lipinski definition) is 4. The van der Waals surface area contributed by atoms with Gasteiger partial charge in [0.1, 0.15) is 17.7 Å². The Balaban J connectivity index is 2.89. The molecule has 0 aliphatic rings. The Morgan fingerprint density at radius 1 is 1.53 bits per heavy atom. The zero-order valence-electron chi connectivity index (χ0n) is 8.93. The number of H-pyrrole nitrogens is 1. The number of aliphatic carboxylic acids is 2. The van der Waals surface area contributed by atoms with Crippen molar-refractivity contribution in [1.29, 1.82) is 0 Å². The summed E-state index contributed by atoms with van der Waals surface area (Å²) in [5, 5.41) is 19.7. The van der Waals surface area contributed by atoms with Gasteiger partial charge in [0.15, 0.2) is 0 Å². The van der Waals surface area contributed by atoms with E-state index in [4.69, 9.17) is 10.2 Å². The van der Waals surface area contributed by atoms with Gasteiger partial charge in [0.2, 0.25) is 0 Å². The molecule has 0 aliphatic carbocycles. The molecule has 8 heteroatoms. The van der Waals surface area contributed by atoms with Gasteiger partial charge in [0.05, 0.1) is 6.42 Å². The van der Waals surface area contributed by atoms with Crippen molar-refractivity contribution in [3.8, 4) is 0 Å². The molecule has 0 saturated heterocycles. The lowest BCUT2D eigenvalue weighted by Crippen LogP contribution is -2.32. The summed E-state index contributed by atoms with van der Waals surface area (Å²) in [6, 6.07) is -0.272. The average molecular weight is 241 g/mol. The third-order valence-electron chi connectivity index (χ3n) is 1.86. The van der Waals surface area contributed by atoms with E-state index >= 15 is 0 Å². The summed E-state index contributed by atoms with van der Waals surface area (Å²) in [6.07, 6.45) is -0.608. The van der Waals surface area contributed by atoms with Crippen molar-refractivity contribution in [3.05, 3.63) is 22.2 Å². The molecule has 1 heterocycles. The van der Waals surface area contributed by atoms with Gasteiger partial charge in [-0.05, 0) is 6.92 Å². The van der Waals surface area contributed by atoms with Gasteiger partial charge in [-0.25, -0.2) is 9.78 Å². The van der Waals surface area contributed by atoms with Gasteiger partial charge in [-0.2, -0.15) is 0 Å². The minimum absolute atomic E-state index is 0.0277. The molecule has 0 bridgehead atoms. The summed E-state index contributed by atoms with van der Waals surface area (Å²) in [5.41, 5.74) is -0.445. The highest BCUT2D eigenvalue weighted by Gasteiger charge is 2.21. The number of hydrogen-bond acceptors (Lipinski definition) is 5. The monoisotopic (exact) mass is 241 g/mol. The van der Waals surface area contributed by atoms with Crippen LogP contribution in [-0.4, -0.2) is 38.2 Å². The maximum absolute atomic E-state index is 11.1. The van der Waals surface area contributed by atoms with Gasteiger partial charge < -0.3 is 20.5 Å². The number of aryl methyl sites for hydroxylation is 1. The van der Waals surface area contributed by atoms with Crippen molar-refractivity contribution >= 4 is 17.8 Å². The minimum Gasteiger partial charge on any atom is -0.481 e. The highest BCUT2D eigenvalue weighted by atomic mass is 16.4. The van der Waals surface area contributed by atoms with Crippen LogP contribution in [0.5, 0.6) is 0 Å². The third kappa shape index (κ3) is 3.93. The van der Waals surface area contributed by atoms with Gasteiger partial charge in [0, 0.05) is 6.07 Å². The topological polar surface area (TPSA) is 132 Å². The Morgan fingerprint density at radius 2 is 2.18 bits per heavy atom. The first-order valence-corrected chi connectivity index (χ1v) is 4.67. The van der Waals surface area contributed by atoms with Crippen LogP contribution in [0.25, 0.3) is 0 Å². The van der Waals surface area contributed by atoms with E-state index in [0.717, 1.165) is 6.07 Å². The van der Waals surface area contributed by atoms with Gasteiger partial charge in [0.25, 0.3) is 5.56 Å². The maximum Gasteiger partial charge on any atom is 0.326 e. The molecule has 8 nitrogen and oxygen atoms in total. The van der Waals surface area contributed by atoms with Gasteiger partial charge >= 0.3 is 11.9 Å². The van der Waals surface area contributed by atoms with Crippen LogP contribution in [-0.2, 0) is 9.59 Å². The fourth-order valence-electron chi connectivity index (χ4n) is 1.21. The normalized spacial score (nSPS) is 11.8. The van der Waals surface area contributed by atoms with Crippen LogP contribution in [0.3, 0.4) is 0 Å². The molecule has 92 valence electrons. The smallest absolute Gasteiger partial charge is 0.326 e. The van der Waals surface area contributed by atoms with Crippen molar-refractivity contribution in [1.82, 2.24) is 9.97 Å². The highest BCUT2D eigenvalue weighted by molar-refractivity contribution is 5.83. The number of carboxylic acids is 2. The maximum atomic E-state index is 11.1. The molecule has 17 heavy (non-hydrogen) atoms. The zero-order valence-corrected chi connectivity index (χ0v) is 8.93. The lowest BCUT2D eigenvalue weighted by Gasteiger charge is -2.12. The second kappa shape index (κ2) is 5.10. The lowest BCUT2D eigenvalue weighted by molar-refractivity contribution is -0.144. The van der Waals surface area contributed by atoms with Crippen LogP contribution in [0, 0.1) is 6.92 Å². The SMILES string of the molecule is Cc1nc(NC(CC(=O)O)C(=O)O)cc(=O)[nH]1. The van der Waals surface area contributed by atoms with Crippen molar-refractivity contribution < 1.29 is 19.8 Å². The van der Waals surface area contributed by atoms with Crippen LogP contribution >= 0.6 is 0 Å². The predicted octanol–water partition coefficient (Wildman–Crippen LogP) is -0.582. The Labute approximate surface area is 95.3 Å². The minimum atomic E-state index is -1.33. The second-order valence-electron chi connectivity index (χ2n) is 3.35. The van der Waals surface area contributed by atoms with E-state index in [1.807, 2.05) is 0 Å². The molecule has 0 spiro atoms. The Kier molecular flexibility index (Phi) is 3.81. The fraction of sp³-hybridized carbons (Fsp3) is 0.333. The lowest BCUT2D eigenvalue weighted by atomic mass is 10.2. The van der Waals surface area contributed by atoms with Gasteiger partial charge in [-0.3, -0.25) is 9.59 Å². The van der Waals surface area contributed by atoms with Crippen molar-refractivity contribution in [2.24, 2.45) is 0 Å². The van der Waals surface area contributed by atoms with Crippen LogP contribution in [0.15, 0.2) is 10.9 Å². The zero-order chi connectivity index (χ0) is 13.0. The molecule has 0 aromatic carbocycles. The van der Waals surface area contributed by atoms with E-state index < -0.39 is 30.0 Å². The molecule has 1 atom stereocenters. The summed E-state index contributed by atoms with van der Waals surface area (Å²) >= 11 is 0. The molecule has 1 rings (SSSR count). The van der Waals surface area contributed by atoms with Crippen LogP contribution in [0.4, 0.5) is 5.82 Å². The summed E-state index contributed by atoms with van der Waals surface area (Å²) in [5.74, 6) is -2.25.